The number of nitrogens with zero attached hydrogens (tertiary/aromatic N) is 8. The third kappa shape index (κ3) is 12.3. The predicted octanol–water partition coefficient (Wildman–Crippen LogP) is 5.46. The Kier molecular flexibility index (Phi) is 15.1. The SMILES string of the molecule is C=C(/C=C\C(=C)N(C)CCN(C)C(=C)/C=C\C(=C)n1cnn(C(C)CC)c1=O)OCC1CSC(Cn2nccn2)O1.c1ccccc1. The van der Waals surface area contributed by atoms with E-state index in [0.29, 0.717) is 31.2 Å². The van der Waals surface area contributed by atoms with E-state index < -0.39 is 0 Å². The van der Waals surface area contributed by atoms with E-state index in [1.54, 1.807) is 35.0 Å². The molecular formula is C35H48N8O3S. The van der Waals surface area contributed by atoms with Gasteiger partial charge in [-0.15, -0.1) is 11.8 Å². The molecule has 1 aliphatic heterocycles. The molecular weight excluding hydrogens is 613 g/mol. The molecule has 0 bridgehead atoms. The van der Waals surface area contributed by atoms with Crippen LogP contribution >= 0.6 is 11.8 Å². The van der Waals surface area contributed by atoms with Crippen LogP contribution in [-0.2, 0) is 16.0 Å². The van der Waals surface area contributed by atoms with Crippen LogP contribution in [0.15, 0.2) is 128 Å². The van der Waals surface area contributed by atoms with E-state index in [9.17, 15) is 4.79 Å². The summed E-state index contributed by atoms with van der Waals surface area (Å²) in [6, 6.07) is 12.0. The Morgan fingerprint density at radius 3 is 2.13 bits per heavy atom. The molecule has 47 heavy (non-hydrogen) atoms. The molecule has 252 valence electrons. The highest BCUT2D eigenvalue weighted by Crippen LogP contribution is 2.26. The highest BCUT2D eigenvalue weighted by Gasteiger charge is 2.27. The Morgan fingerprint density at radius 1 is 0.979 bits per heavy atom. The third-order valence-electron chi connectivity index (χ3n) is 7.40. The lowest BCUT2D eigenvalue weighted by atomic mass is 10.3. The zero-order valence-electron chi connectivity index (χ0n) is 28.0. The average molecular weight is 661 g/mol. The van der Waals surface area contributed by atoms with Crippen LogP contribution in [0.4, 0.5) is 0 Å². The van der Waals surface area contributed by atoms with Gasteiger partial charge in [0, 0.05) is 50.0 Å². The van der Waals surface area contributed by atoms with Gasteiger partial charge in [-0.3, -0.25) is 4.57 Å². The van der Waals surface area contributed by atoms with Gasteiger partial charge in [-0.2, -0.15) is 20.1 Å². The van der Waals surface area contributed by atoms with Crippen LogP contribution in [-0.4, -0.2) is 90.2 Å². The van der Waals surface area contributed by atoms with Crippen molar-refractivity contribution in [3.05, 3.63) is 133 Å². The number of rotatable bonds is 17. The number of hydrogen-bond acceptors (Lipinski definition) is 9. The molecule has 2 aromatic heterocycles. The monoisotopic (exact) mass is 660 g/mol. The second kappa shape index (κ2) is 19.2. The topological polar surface area (TPSA) is 95.5 Å². The normalized spacial score (nSPS) is 16.4. The lowest BCUT2D eigenvalue weighted by molar-refractivity contribution is 0.0103. The van der Waals surface area contributed by atoms with Gasteiger partial charge in [0.1, 0.15) is 30.2 Å². The second-order valence-corrected chi connectivity index (χ2v) is 12.2. The van der Waals surface area contributed by atoms with Crippen LogP contribution in [0.5, 0.6) is 0 Å². The molecule has 0 amide bonds. The fourth-order valence-corrected chi connectivity index (χ4v) is 5.17. The molecule has 4 rings (SSSR count). The molecule has 12 heteroatoms. The van der Waals surface area contributed by atoms with Gasteiger partial charge in [-0.25, -0.2) is 9.48 Å². The highest BCUT2D eigenvalue weighted by atomic mass is 32.2. The first-order valence-corrected chi connectivity index (χ1v) is 16.6. The third-order valence-corrected chi connectivity index (χ3v) is 8.60. The fourth-order valence-electron chi connectivity index (χ4n) is 4.09. The number of likely N-dealkylation sites (N-methyl/N-ethyl adjacent to an activating group) is 2. The maximum atomic E-state index is 12.6. The molecule has 3 aromatic rings. The summed E-state index contributed by atoms with van der Waals surface area (Å²) in [5.41, 5.74) is 1.96. The molecule has 0 spiro atoms. The van der Waals surface area contributed by atoms with Crippen LogP contribution in [0.1, 0.15) is 26.3 Å². The number of thioether (sulfide) groups is 1. The summed E-state index contributed by atoms with van der Waals surface area (Å²) in [6.07, 6.45) is 12.9. The van der Waals surface area contributed by atoms with Gasteiger partial charge in [0.05, 0.1) is 25.0 Å². The van der Waals surface area contributed by atoms with Crippen molar-refractivity contribution in [2.45, 2.75) is 44.4 Å². The van der Waals surface area contributed by atoms with Crippen LogP contribution < -0.4 is 5.69 Å². The van der Waals surface area contributed by atoms with Crippen molar-refractivity contribution in [2.75, 3.05) is 39.5 Å². The van der Waals surface area contributed by atoms with Gasteiger partial charge in [-0.1, -0.05) is 69.6 Å². The number of benzene rings is 1. The minimum absolute atomic E-state index is 0.00476. The van der Waals surface area contributed by atoms with Crippen LogP contribution in [0.2, 0.25) is 0 Å². The lowest BCUT2D eigenvalue weighted by Crippen LogP contribution is -2.29. The number of ether oxygens (including phenoxy) is 2. The molecule has 1 aliphatic rings. The maximum absolute atomic E-state index is 12.6. The minimum atomic E-state index is -0.201. The molecule has 3 atom stereocenters. The Hall–Kier alpha value is -4.55. The summed E-state index contributed by atoms with van der Waals surface area (Å²) < 4.78 is 14.7. The van der Waals surface area contributed by atoms with Gasteiger partial charge in [-0.05, 0) is 37.6 Å². The van der Waals surface area contributed by atoms with Gasteiger partial charge >= 0.3 is 5.69 Å². The molecule has 1 saturated heterocycles. The Bertz CT molecular complexity index is 1520. The number of hydrogen-bond donors (Lipinski definition) is 0. The summed E-state index contributed by atoms with van der Waals surface area (Å²) in [5.74, 6) is 1.40. The summed E-state index contributed by atoms with van der Waals surface area (Å²) >= 11 is 1.73. The van der Waals surface area contributed by atoms with E-state index in [2.05, 4.69) is 41.6 Å². The van der Waals surface area contributed by atoms with Gasteiger partial charge < -0.3 is 19.3 Å². The van der Waals surface area contributed by atoms with Gasteiger partial charge in [0.2, 0.25) is 0 Å². The average Bonchev–Trinajstić information content (AvgIpc) is 3.86. The molecule has 3 heterocycles. The van der Waals surface area contributed by atoms with Crippen molar-refractivity contribution in [3.63, 3.8) is 0 Å². The number of aromatic nitrogens is 6. The van der Waals surface area contributed by atoms with Crippen LogP contribution in [0, 0.1) is 0 Å². The van der Waals surface area contributed by atoms with Crippen molar-refractivity contribution in [2.24, 2.45) is 0 Å². The van der Waals surface area contributed by atoms with Crippen molar-refractivity contribution in [1.82, 2.24) is 39.1 Å². The van der Waals surface area contributed by atoms with Crippen molar-refractivity contribution < 1.29 is 9.47 Å². The van der Waals surface area contributed by atoms with Gasteiger partial charge in [0.15, 0.2) is 0 Å². The first-order chi connectivity index (χ1) is 22.6. The van der Waals surface area contributed by atoms with E-state index in [-0.39, 0.29) is 23.3 Å². The Balaban J connectivity index is 0.000000896. The molecule has 0 radical (unpaired) electrons. The molecule has 0 saturated carbocycles. The van der Waals surface area contributed by atoms with E-state index in [1.165, 1.54) is 15.6 Å². The van der Waals surface area contributed by atoms with Gasteiger partial charge in [0.25, 0.3) is 0 Å². The lowest BCUT2D eigenvalue weighted by Gasteiger charge is -2.25. The van der Waals surface area contributed by atoms with Crippen LogP contribution in [0.3, 0.4) is 0 Å². The first kappa shape index (κ1) is 36.9. The predicted molar refractivity (Wildman–Crippen MR) is 191 cm³/mol. The second-order valence-electron chi connectivity index (χ2n) is 11.0. The summed E-state index contributed by atoms with van der Waals surface area (Å²) in [7, 11) is 3.94. The largest absolute Gasteiger partial charge is 0.491 e. The standard InChI is InChI=1S/C29H42N8O3S.C6H6/c1-9-22(2)37-29(38)35(21-32-37)25(5)11-10-23(3)33(7)16-17-34(8)24(4)12-13-26(6)39-19-27-20-41-28(40-27)18-36-30-14-15-31-36;1-2-4-6-5-3-1/h10-15,21-22,27-28H,3-6,9,16-20H2,1-2,7-8H3;1-6H/b11-10-,13-12-;. The van der Waals surface area contributed by atoms with E-state index in [1.807, 2.05) is 92.4 Å². The highest BCUT2D eigenvalue weighted by molar-refractivity contribution is 8.00. The molecule has 3 unspecified atom stereocenters. The van der Waals surface area contributed by atoms with E-state index in [4.69, 9.17) is 9.47 Å². The van der Waals surface area contributed by atoms with Crippen molar-refractivity contribution in [1.29, 1.82) is 0 Å². The zero-order chi connectivity index (χ0) is 34.2. The molecule has 0 aliphatic carbocycles. The first-order valence-electron chi connectivity index (χ1n) is 15.5. The smallest absolute Gasteiger partial charge is 0.350 e. The zero-order valence-corrected chi connectivity index (χ0v) is 28.8. The van der Waals surface area contributed by atoms with Crippen molar-refractivity contribution in [3.8, 4) is 0 Å². The summed E-state index contributed by atoms with van der Waals surface area (Å²) in [6.45, 7) is 22.7. The Labute approximate surface area is 282 Å². The molecule has 1 aromatic carbocycles. The van der Waals surface area contributed by atoms with E-state index >= 15 is 0 Å². The fraction of sp³-hybridized carbons (Fsp3) is 0.371. The van der Waals surface area contributed by atoms with Crippen LogP contribution in [0.25, 0.3) is 5.70 Å². The molecule has 11 nitrogen and oxygen atoms in total. The summed E-state index contributed by atoms with van der Waals surface area (Å²) in [4.78, 5) is 18.3. The van der Waals surface area contributed by atoms with Crippen molar-refractivity contribution >= 4 is 17.5 Å². The number of allylic oxidation sites excluding steroid dienone is 5. The maximum Gasteiger partial charge on any atom is 0.350 e. The molecule has 1 fully saturated rings. The Morgan fingerprint density at radius 2 is 1.55 bits per heavy atom. The summed E-state index contributed by atoms with van der Waals surface area (Å²) in [5, 5.41) is 12.4. The quantitative estimate of drug-likeness (QED) is 0.138. The minimum Gasteiger partial charge on any atom is -0.491 e. The molecule has 0 N–H and O–H groups in total. The van der Waals surface area contributed by atoms with E-state index in [0.717, 1.165) is 30.1 Å².